The number of rotatable bonds is 3. The van der Waals surface area contributed by atoms with Crippen LogP contribution in [0.15, 0.2) is 0 Å². The minimum absolute atomic E-state index is 0.174. The van der Waals surface area contributed by atoms with E-state index < -0.39 is 15.3 Å². The SMILES string of the molecule is CC(CCl)S(=O)(=O)N1CCCN2CCCC2C1. The van der Waals surface area contributed by atoms with Crippen LogP contribution in [-0.2, 0) is 10.0 Å². The van der Waals surface area contributed by atoms with E-state index in [2.05, 4.69) is 4.90 Å². The molecule has 0 N–H and O–H groups in total. The monoisotopic (exact) mass is 280 g/mol. The van der Waals surface area contributed by atoms with Crippen LogP contribution in [0.2, 0.25) is 0 Å². The molecule has 4 nitrogen and oxygen atoms in total. The van der Waals surface area contributed by atoms with Gasteiger partial charge >= 0.3 is 0 Å². The van der Waals surface area contributed by atoms with Gasteiger partial charge in [-0.1, -0.05) is 0 Å². The van der Waals surface area contributed by atoms with Crippen molar-refractivity contribution in [1.29, 1.82) is 0 Å². The maximum Gasteiger partial charge on any atom is 0.217 e. The normalized spacial score (nSPS) is 29.9. The highest BCUT2D eigenvalue weighted by molar-refractivity contribution is 7.89. The lowest BCUT2D eigenvalue weighted by Gasteiger charge is -2.27. The Kier molecular flexibility index (Phi) is 4.34. The van der Waals surface area contributed by atoms with Crippen LogP contribution in [0.5, 0.6) is 0 Å². The van der Waals surface area contributed by atoms with Crippen molar-refractivity contribution in [3.05, 3.63) is 0 Å². The number of halogens is 1. The van der Waals surface area contributed by atoms with Gasteiger partial charge in [0.05, 0.1) is 5.25 Å². The Labute approximate surface area is 109 Å². The standard InChI is InChI=1S/C11H21ClN2O2S/c1-10(8-12)17(15,16)14-7-3-6-13-5-2-4-11(13)9-14/h10-11H,2-9H2,1H3. The lowest BCUT2D eigenvalue weighted by atomic mass is 10.2. The molecule has 2 heterocycles. The molecule has 2 saturated heterocycles. The smallest absolute Gasteiger partial charge is 0.217 e. The number of nitrogens with zero attached hydrogens (tertiary/aromatic N) is 2. The van der Waals surface area contributed by atoms with Crippen molar-refractivity contribution in [2.45, 2.75) is 37.5 Å². The van der Waals surface area contributed by atoms with Gasteiger partial charge in [-0.25, -0.2) is 12.7 Å². The first-order valence-corrected chi connectivity index (χ1v) is 8.38. The Balaban J connectivity index is 2.11. The van der Waals surface area contributed by atoms with Crippen LogP contribution in [0.25, 0.3) is 0 Å². The van der Waals surface area contributed by atoms with E-state index in [9.17, 15) is 8.42 Å². The summed E-state index contributed by atoms with van der Waals surface area (Å²) in [6.07, 6.45) is 3.26. The van der Waals surface area contributed by atoms with Crippen molar-refractivity contribution >= 4 is 21.6 Å². The molecule has 0 aliphatic carbocycles. The summed E-state index contributed by atoms with van der Waals surface area (Å²) in [4.78, 5) is 2.43. The fourth-order valence-electron chi connectivity index (χ4n) is 2.74. The molecule has 6 heteroatoms. The molecule has 0 aromatic rings. The number of alkyl halides is 1. The number of sulfonamides is 1. The van der Waals surface area contributed by atoms with E-state index in [0.29, 0.717) is 19.1 Å². The van der Waals surface area contributed by atoms with E-state index in [1.807, 2.05) is 0 Å². The maximum atomic E-state index is 12.3. The highest BCUT2D eigenvalue weighted by Crippen LogP contribution is 2.24. The molecule has 0 aromatic carbocycles. The lowest BCUT2D eigenvalue weighted by molar-refractivity contribution is 0.257. The summed E-state index contributed by atoms with van der Waals surface area (Å²) in [5, 5.41) is -0.475. The molecule has 2 aliphatic rings. The molecule has 2 fully saturated rings. The summed E-state index contributed by atoms with van der Waals surface area (Å²) in [5.74, 6) is 0.174. The molecule has 0 aromatic heterocycles. The van der Waals surface area contributed by atoms with Crippen LogP contribution in [-0.4, -0.2) is 61.0 Å². The van der Waals surface area contributed by atoms with E-state index in [-0.39, 0.29) is 5.88 Å². The van der Waals surface area contributed by atoms with Crippen molar-refractivity contribution < 1.29 is 8.42 Å². The van der Waals surface area contributed by atoms with Crippen molar-refractivity contribution in [3.8, 4) is 0 Å². The van der Waals surface area contributed by atoms with Gasteiger partial charge in [0.1, 0.15) is 0 Å². The van der Waals surface area contributed by atoms with Crippen LogP contribution in [0.1, 0.15) is 26.2 Å². The highest BCUT2D eigenvalue weighted by Gasteiger charge is 2.35. The van der Waals surface area contributed by atoms with Gasteiger partial charge in [-0.3, -0.25) is 4.90 Å². The Morgan fingerprint density at radius 3 is 2.71 bits per heavy atom. The first kappa shape index (κ1) is 13.6. The third-order valence-electron chi connectivity index (χ3n) is 3.85. The third kappa shape index (κ3) is 2.78. The van der Waals surface area contributed by atoms with Crippen LogP contribution in [0.3, 0.4) is 0 Å². The average molecular weight is 281 g/mol. The van der Waals surface area contributed by atoms with Crippen LogP contribution >= 0.6 is 11.6 Å². The van der Waals surface area contributed by atoms with Gasteiger partial charge in [-0.15, -0.1) is 11.6 Å². The second kappa shape index (κ2) is 5.43. The number of hydrogen-bond donors (Lipinski definition) is 0. The lowest BCUT2D eigenvalue weighted by Crippen LogP contribution is -2.43. The minimum atomic E-state index is -3.20. The Morgan fingerprint density at radius 1 is 1.29 bits per heavy atom. The summed E-state index contributed by atoms with van der Waals surface area (Å²) < 4.78 is 26.2. The quantitative estimate of drug-likeness (QED) is 0.728. The molecule has 100 valence electrons. The highest BCUT2D eigenvalue weighted by atomic mass is 35.5. The zero-order valence-electron chi connectivity index (χ0n) is 10.3. The number of hydrogen-bond acceptors (Lipinski definition) is 3. The molecule has 2 rings (SSSR count). The zero-order valence-corrected chi connectivity index (χ0v) is 11.9. The van der Waals surface area contributed by atoms with Crippen LogP contribution in [0, 0.1) is 0 Å². The molecule has 2 atom stereocenters. The molecule has 0 radical (unpaired) electrons. The largest absolute Gasteiger partial charge is 0.299 e. The molecule has 2 unspecified atom stereocenters. The summed E-state index contributed by atoms with van der Waals surface area (Å²) in [6, 6.07) is 0.426. The van der Waals surface area contributed by atoms with Crippen molar-refractivity contribution in [1.82, 2.24) is 9.21 Å². The fraction of sp³-hybridized carbons (Fsp3) is 1.00. The zero-order chi connectivity index (χ0) is 12.5. The Bertz CT molecular complexity index is 360. The van der Waals surface area contributed by atoms with Gasteiger partial charge in [-0.2, -0.15) is 0 Å². The molecule has 0 saturated carbocycles. The molecule has 2 aliphatic heterocycles. The predicted molar refractivity (Wildman–Crippen MR) is 69.9 cm³/mol. The topological polar surface area (TPSA) is 40.6 Å². The summed E-state index contributed by atoms with van der Waals surface area (Å²) >= 11 is 5.69. The molecule has 0 spiro atoms. The first-order chi connectivity index (χ1) is 8.05. The van der Waals surface area contributed by atoms with Crippen LogP contribution in [0.4, 0.5) is 0 Å². The number of fused-ring (bicyclic) bond motifs is 1. The third-order valence-corrected chi connectivity index (χ3v) is 6.73. The Morgan fingerprint density at radius 2 is 2.00 bits per heavy atom. The summed E-state index contributed by atoms with van der Waals surface area (Å²) in [7, 11) is -3.20. The van der Waals surface area contributed by atoms with Crippen molar-refractivity contribution in [2.24, 2.45) is 0 Å². The fourth-order valence-corrected chi connectivity index (χ4v) is 4.65. The van der Waals surface area contributed by atoms with E-state index in [0.717, 1.165) is 25.9 Å². The van der Waals surface area contributed by atoms with E-state index in [1.54, 1.807) is 11.2 Å². The van der Waals surface area contributed by atoms with Crippen molar-refractivity contribution in [2.75, 3.05) is 32.1 Å². The van der Waals surface area contributed by atoms with E-state index >= 15 is 0 Å². The molecule has 0 amide bonds. The van der Waals surface area contributed by atoms with E-state index in [4.69, 9.17) is 11.6 Å². The van der Waals surface area contributed by atoms with Gasteiger partial charge in [0, 0.05) is 25.0 Å². The van der Waals surface area contributed by atoms with Gasteiger partial charge in [0.25, 0.3) is 0 Å². The molecule has 0 bridgehead atoms. The molecular weight excluding hydrogens is 260 g/mol. The van der Waals surface area contributed by atoms with Gasteiger partial charge in [0.15, 0.2) is 0 Å². The minimum Gasteiger partial charge on any atom is -0.299 e. The summed E-state index contributed by atoms with van der Waals surface area (Å²) in [5.41, 5.74) is 0. The van der Waals surface area contributed by atoms with Gasteiger partial charge in [-0.05, 0) is 39.3 Å². The maximum absolute atomic E-state index is 12.3. The second-order valence-electron chi connectivity index (χ2n) is 5.05. The predicted octanol–water partition coefficient (Wildman–Crippen LogP) is 1.11. The molecule has 17 heavy (non-hydrogen) atoms. The van der Waals surface area contributed by atoms with E-state index in [1.165, 1.54) is 6.42 Å². The van der Waals surface area contributed by atoms with Crippen LogP contribution < -0.4 is 0 Å². The Hall–Kier alpha value is 0.160. The molecular formula is C11H21ClN2O2S. The average Bonchev–Trinajstić information content (AvgIpc) is 2.65. The van der Waals surface area contributed by atoms with Crippen molar-refractivity contribution in [3.63, 3.8) is 0 Å². The second-order valence-corrected chi connectivity index (χ2v) is 7.71. The van der Waals surface area contributed by atoms with Gasteiger partial charge < -0.3 is 0 Å². The summed E-state index contributed by atoms with van der Waals surface area (Å²) in [6.45, 7) is 5.16. The first-order valence-electron chi connectivity index (χ1n) is 6.34. The van der Waals surface area contributed by atoms with Gasteiger partial charge in [0.2, 0.25) is 10.0 Å².